The number of nitrogens with zero attached hydrogens (tertiary/aromatic N) is 2. The highest BCUT2D eigenvalue weighted by molar-refractivity contribution is 5.85. The number of aliphatic hydroxyl groups is 1. The molecule has 4 nitrogen and oxygen atoms in total. The number of hydrogen-bond donors (Lipinski definition) is 1. The summed E-state index contributed by atoms with van der Waals surface area (Å²) in [5, 5.41) is 11.6. The first-order chi connectivity index (χ1) is 11.3. The van der Waals surface area contributed by atoms with Gasteiger partial charge in [-0.15, -0.1) is 0 Å². The van der Waals surface area contributed by atoms with E-state index in [4.69, 9.17) is 5.11 Å². The molecule has 1 fully saturated rings. The van der Waals surface area contributed by atoms with Crippen molar-refractivity contribution in [3.63, 3.8) is 0 Å². The molecule has 1 N–H and O–H groups in total. The molecule has 1 amide bonds. The molecule has 1 saturated heterocycles. The molecule has 1 aliphatic rings. The van der Waals surface area contributed by atoms with E-state index in [2.05, 4.69) is 47.4 Å². The second-order valence-electron chi connectivity index (χ2n) is 6.12. The van der Waals surface area contributed by atoms with Crippen LogP contribution in [0.15, 0.2) is 42.5 Å². The second kappa shape index (κ2) is 7.57. The maximum Gasteiger partial charge on any atom is 0.248 e. The minimum Gasteiger partial charge on any atom is -0.387 e. The molecule has 1 heterocycles. The maximum atomic E-state index is 11.5. The molecule has 1 aliphatic heterocycles. The van der Waals surface area contributed by atoms with E-state index in [-0.39, 0.29) is 12.5 Å². The van der Waals surface area contributed by atoms with Gasteiger partial charge in [0.1, 0.15) is 6.61 Å². The molecular weight excluding hydrogens is 288 g/mol. The van der Waals surface area contributed by atoms with E-state index in [1.54, 1.807) is 4.90 Å². The third-order valence-electron chi connectivity index (χ3n) is 4.66. The summed E-state index contributed by atoms with van der Waals surface area (Å²) in [6.07, 6.45) is 2.21. The molecule has 2 aromatic rings. The molecule has 0 bridgehead atoms. The van der Waals surface area contributed by atoms with Crippen LogP contribution in [0.3, 0.4) is 0 Å². The molecule has 23 heavy (non-hydrogen) atoms. The van der Waals surface area contributed by atoms with Gasteiger partial charge in [-0.3, -0.25) is 9.69 Å². The van der Waals surface area contributed by atoms with Crippen LogP contribution in [0.4, 0.5) is 0 Å². The van der Waals surface area contributed by atoms with E-state index in [1.807, 2.05) is 0 Å². The fraction of sp³-hybridized carbons (Fsp3) is 0.421. The van der Waals surface area contributed by atoms with Crippen LogP contribution in [0.5, 0.6) is 0 Å². The van der Waals surface area contributed by atoms with Crippen molar-refractivity contribution in [2.24, 2.45) is 0 Å². The van der Waals surface area contributed by atoms with Gasteiger partial charge in [0.15, 0.2) is 0 Å². The van der Waals surface area contributed by atoms with Gasteiger partial charge < -0.3 is 10.0 Å². The van der Waals surface area contributed by atoms with E-state index in [9.17, 15) is 4.79 Å². The van der Waals surface area contributed by atoms with Gasteiger partial charge in [0.25, 0.3) is 0 Å². The van der Waals surface area contributed by atoms with E-state index >= 15 is 0 Å². The Morgan fingerprint density at radius 1 is 1.00 bits per heavy atom. The predicted molar refractivity (Wildman–Crippen MR) is 92.4 cm³/mol. The predicted octanol–water partition coefficient (Wildman–Crippen LogP) is 1.91. The Hall–Kier alpha value is -1.91. The zero-order valence-corrected chi connectivity index (χ0v) is 13.4. The van der Waals surface area contributed by atoms with Crippen LogP contribution >= 0.6 is 0 Å². The first-order valence-electron chi connectivity index (χ1n) is 8.35. The van der Waals surface area contributed by atoms with Gasteiger partial charge in [0.05, 0.1) is 0 Å². The van der Waals surface area contributed by atoms with Gasteiger partial charge in [-0.05, 0) is 35.7 Å². The van der Waals surface area contributed by atoms with Crippen LogP contribution in [-0.2, 0) is 11.2 Å². The summed E-state index contributed by atoms with van der Waals surface area (Å²) in [4.78, 5) is 15.6. The summed E-state index contributed by atoms with van der Waals surface area (Å²) in [6, 6.07) is 15.1. The average Bonchev–Trinajstić information content (AvgIpc) is 2.62. The Balaban J connectivity index is 1.49. The highest BCUT2D eigenvalue weighted by atomic mass is 16.3. The lowest BCUT2D eigenvalue weighted by atomic mass is 10.0. The lowest BCUT2D eigenvalue weighted by Crippen LogP contribution is -2.49. The fourth-order valence-corrected chi connectivity index (χ4v) is 3.32. The monoisotopic (exact) mass is 312 g/mol. The molecule has 2 aromatic carbocycles. The van der Waals surface area contributed by atoms with Gasteiger partial charge >= 0.3 is 0 Å². The van der Waals surface area contributed by atoms with Gasteiger partial charge in [-0.1, -0.05) is 42.5 Å². The molecule has 0 aromatic heterocycles. The number of aliphatic hydroxyl groups excluding tert-OH is 1. The van der Waals surface area contributed by atoms with Crippen molar-refractivity contribution in [2.45, 2.75) is 12.8 Å². The van der Waals surface area contributed by atoms with Crippen molar-refractivity contribution in [2.75, 3.05) is 39.3 Å². The lowest BCUT2D eigenvalue weighted by Gasteiger charge is -2.34. The van der Waals surface area contributed by atoms with Crippen molar-refractivity contribution >= 4 is 16.7 Å². The number of hydrogen-bond acceptors (Lipinski definition) is 3. The standard InChI is InChI=1S/C19H24N2O2/c22-15-19(23)21-13-11-20(12-14-21)10-4-8-17-7-3-6-16-5-1-2-9-18(16)17/h1-3,5-7,9,22H,4,8,10-15H2. The Morgan fingerprint density at radius 2 is 1.74 bits per heavy atom. The topological polar surface area (TPSA) is 43.8 Å². The molecule has 0 radical (unpaired) electrons. The summed E-state index contributed by atoms with van der Waals surface area (Å²) >= 11 is 0. The number of rotatable bonds is 5. The normalized spacial score (nSPS) is 16.0. The molecular formula is C19H24N2O2. The number of fused-ring (bicyclic) bond motifs is 1. The van der Waals surface area contributed by atoms with Crippen molar-refractivity contribution < 1.29 is 9.90 Å². The number of aryl methyl sites for hydroxylation is 1. The number of benzene rings is 2. The van der Waals surface area contributed by atoms with Crippen molar-refractivity contribution in [3.05, 3.63) is 48.0 Å². The molecule has 0 aliphatic carbocycles. The molecule has 0 spiro atoms. The van der Waals surface area contributed by atoms with Gasteiger partial charge in [-0.2, -0.15) is 0 Å². The quantitative estimate of drug-likeness (QED) is 0.917. The second-order valence-corrected chi connectivity index (χ2v) is 6.12. The van der Waals surface area contributed by atoms with Gasteiger partial charge in [0, 0.05) is 26.2 Å². The van der Waals surface area contributed by atoms with Crippen LogP contribution in [-0.4, -0.2) is 60.1 Å². The minimum absolute atomic E-state index is 0.152. The largest absolute Gasteiger partial charge is 0.387 e. The van der Waals surface area contributed by atoms with E-state index in [0.29, 0.717) is 0 Å². The van der Waals surface area contributed by atoms with Crippen LogP contribution < -0.4 is 0 Å². The SMILES string of the molecule is O=C(CO)N1CCN(CCCc2cccc3ccccc23)CC1. The maximum absolute atomic E-state index is 11.5. The first-order valence-corrected chi connectivity index (χ1v) is 8.35. The first kappa shape index (κ1) is 16.0. The molecule has 122 valence electrons. The number of piperazine rings is 1. The van der Waals surface area contributed by atoms with E-state index in [0.717, 1.165) is 45.6 Å². The molecule has 0 saturated carbocycles. The summed E-state index contributed by atoms with van der Waals surface area (Å²) in [5.74, 6) is -0.152. The number of amides is 1. The highest BCUT2D eigenvalue weighted by Crippen LogP contribution is 2.19. The highest BCUT2D eigenvalue weighted by Gasteiger charge is 2.19. The molecule has 3 rings (SSSR count). The average molecular weight is 312 g/mol. The van der Waals surface area contributed by atoms with Crippen molar-refractivity contribution in [1.29, 1.82) is 0 Å². The summed E-state index contributed by atoms with van der Waals surface area (Å²) in [6.45, 7) is 3.95. The Kier molecular flexibility index (Phi) is 5.26. The zero-order chi connectivity index (χ0) is 16.1. The summed E-state index contributed by atoms with van der Waals surface area (Å²) in [5.41, 5.74) is 1.41. The molecule has 0 unspecified atom stereocenters. The van der Waals surface area contributed by atoms with Crippen LogP contribution in [0, 0.1) is 0 Å². The van der Waals surface area contributed by atoms with Crippen molar-refractivity contribution in [1.82, 2.24) is 9.80 Å². The summed E-state index contributed by atoms with van der Waals surface area (Å²) in [7, 11) is 0. The Morgan fingerprint density at radius 3 is 2.52 bits per heavy atom. The third-order valence-corrected chi connectivity index (χ3v) is 4.66. The number of carbonyl (C=O) groups excluding carboxylic acids is 1. The van der Waals surface area contributed by atoms with Crippen LogP contribution in [0.1, 0.15) is 12.0 Å². The third kappa shape index (κ3) is 3.89. The van der Waals surface area contributed by atoms with Crippen LogP contribution in [0.25, 0.3) is 10.8 Å². The Labute approximate surface area is 137 Å². The minimum atomic E-state index is -0.374. The molecule has 0 atom stereocenters. The number of carbonyl (C=O) groups is 1. The van der Waals surface area contributed by atoms with Gasteiger partial charge in [-0.25, -0.2) is 0 Å². The van der Waals surface area contributed by atoms with E-state index in [1.165, 1.54) is 16.3 Å². The van der Waals surface area contributed by atoms with E-state index < -0.39 is 0 Å². The summed E-state index contributed by atoms with van der Waals surface area (Å²) < 4.78 is 0. The van der Waals surface area contributed by atoms with Crippen molar-refractivity contribution in [3.8, 4) is 0 Å². The smallest absolute Gasteiger partial charge is 0.248 e. The fourth-order valence-electron chi connectivity index (χ4n) is 3.32. The van der Waals surface area contributed by atoms with Crippen LogP contribution in [0.2, 0.25) is 0 Å². The lowest BCUT2D eigenvalue weighted by molar-refractivity contribution is -0.135. The van der Waals surface area contributed by atoms with Gasteiger partial charge in [0.2, 0.25) is 5.91 Å². The Bertz CT molecular complexity index is 658. The zero-order valence-electron chi connectivity index (χ0n) is 13.4. The molecule has 4 heteroatoms.